The molecule has 0 amide bonds. The van der Waals surface area contributed by atoms with Crippen molar-refractivity contribution in [3.8, 4) is 11.5 Å². The lowest BCUT2D eigenvalue weighted by Gasteiger charge is -2.16. The van der Waals surface area contributed by atoms with Crippen LogP contribution in [0.1, 0.15) is 43.9 Å². The second-order valence-electron chi connectivity index (χ2n) is 6.97. The second-order valence-corrected chi connectivity index (χ2v) is 7.83. The van der Waals surface area contributed by atoms with E-state index >= 15 is 0 Å². The third kappa shape index (κ3) is 8.12. The molecule has 1 N–H and O–H groups in total. The SMILES string of the molecule is CCOc1cc(CNCCC(C)C)cc(Br)c1OCc1ccc(C)cc1.Cl. The van der Waals surface area contributed by atoms with Crippen LogP contribution in [-0.2, 0) is 13.2 Å². The molecule has 2 aromatic carbocycles. The van der Waals surface area contributed by atoms with E-state index in [0.29, 0.717) is 19.1 Å². The van der Waals surface area contributed by atoms with Gasteiger partial charge in [-0.25, -0.2) is 0 Å². The maximum Gasteiger partial charge on any atom is 0.175 e. The van der Waals surface area contributed by atoms with Crippen molar-refractivity contribution >= 4 is 28.3 Å². The minimum atomic E-state index is 0. The molecule has 0 spiro atoms. The molecular weight excluding hydrogens is 426 g/mol. The molecule has 0 radical (unpaired) electrons. The number of aryl methyl sites for hydroxylation is 1. The molecular formula is C22H31BrClNO2. The van der Waals surface area contributed by atoms with Crippen LogP contribution < -0.4 is 14.8 Å². The van der Waals surface area contributed by atoms with E-state index < -0.39 is 0 Å². The van der Waals surface area contributed by atoms with Crippen LogP contribution >= 0.6 is 28.3 Å². The molecule has 0 saturated carbocycles. The van der Waals surface area contributed by atoms with Gasteiger partial charge in [-0.05, 0) is 71.9 Å². The van der Waals surface area contributed by atoms with Crippen LogP contribution in [-0.4, -0.2) is 13.2 Å². The minimum Gasteiger partial charge on any atom is -0.490 e. The smallest absolute Gasteiger partial charge is 0.175 e. The molecule has 3 nitrogen and oxygen atoms in total. The number of benzene rings is 2. The zero-order valence-corrected chi connectivity index (χ0v) is 19.1. The quantitative estimate of drug-likeness (QED) is 0.426. The van der Waals surface area contributed by atoms with Gasteiger partial charge in [-0.3, -0.25) is 0 Å². The summed E-state index contributed by atoms with van der Waals surface area (Å²) in [6, 6.07) is 12.6. The van der Waals surface area contributed by atoms with Gasteiger partial charge < -0.3 is 14.8 Å². The van der Waals surface area contributed by atoms with E-state index in [4.69, 9.17) is 9.47 Å². The standard InChI is InChI=1S/C22H30BrNO2.ClH/c1-5-25-21-13-19(14-24-11-10-16(2)3)12-20(23)22(21)26-15-18-8-6-17(4)7-9-18;/h6-9,12-13,16,24H,5,10-11,14-15H2,1-4H3;1H. The zero-order valence-electron chi connectivity index (χ0n) is 16.7. The van der Waals surface area contributed by atoms with Crippen LogP contribution in [0, 0.1) is 12.8 Å². The molecule has 0 aliphatic carbocycles. The van der Waals surface area contributed by atoms with Gasteiger partial charge in [-0.1, -0.05) is 43.7 Å². The molecule has 0 aromatic heterocycles. The highest BCUT2D eigenvalue weighted by atomic mass is 79.9. The van der Waals surface area contributed by atoms with E-state index in [1.54, 1.807) is 0 Å². The molecule has 0 aliphatic rings. The number of hydrogen-bond acceptors (Lipinski definition) is 3. The monoisotopic (exact) mass is 455 g/mol. The number of halogens is 2. The fraction of sp³-hybridized carbons (Fsp3) is 0.455. The maximum atomic E-state index is 6.07. The van der Waals surface area contributed by atoms with E-state index in [1.165, 1.54) is 17.5 Å². The fourth-order valence-electron chi connectivity index (χ4n) is 2.59. The predicted octanol–water partition coefficient (Wildman–Crippen LogP) is 6.29. The maximum absolute atomic E-state index is 6.07. The highest BCUT2D eigenvalue weighted by Gasteiger charge is 2.12. The first-order valence-electron chi connectivity index (χ1n) is 9.33. The Bertz CT molecular complexity index is 689. The minimum absolute atomic E-state index is 0. The highest BCUT2D eigenvalue weighted by molar-refractivity contribution is 9.10. The van der Waals surface area contributed by atoms with Gasteiger partial charge in [0.25, 0.3) is 0 Å². The molecule has 0 fully saturated rings. The number of ether oxygens (including phenoxy) is 2. The van der Waals surface area contributed by atoms with Crippen molar-refractivity contribution in [3.63, 3.8) is 0 Å². The van der Waals surface area contributed by atoms with Crippen LogP contribution in [0.3, 0.4) is 0 Å². The summed E-state index contributed by atoms with van der Waals surface area (Å²) >= 11 is 3.65. The van der Waals surface area contributed by atoms with E-state index in [1.807, 2.05) is 6.92 Å². The Kier molecular flexibility index (Phi) is 10.8. The summed E-state index contributed by atoms with van der Waals surface area (Å²) in [5, 5.41) is 3.49. The molecule has 5 heteroatoms. The van der Waals surface area contributed by atoms with Gasteiger partial charge in [-0.15, -0.1) is 12.4 Å². The number of rotatable bonds is 10. The molecule has 0 heterocycles. The third-order valence-electron chi connectivity index (χ3n) is 4.10. The lowest BCUT2D eigenvalue weighted by Crippen LogP contribution is -2.16. The van der Waals surface area contributed by atoms with Crippen molar-refractivity contribution in [2.75, 3.05) is 13.2 Å². The molecule has 0 aliphatic heterocycles. The summed E-state index contributed by atoms with van der Waals surface area (Å²) in [6.07, 6.45) is 1.18. The van der Waals surface area contributed by atoms with Crippen LogP contribution in [0.15, 0.2) is 40.9 Å². The Morgan fingerprint density at radius 2 is 1.74 bits per heavy atom. The molecule has 0 saturated heterocycles. The normalized spacial score (nSPS) is 10.6. The van der Waals surface area contributed by atoms with E-state index in [-0.39, 0.29) is 12.4 Å². The van der Waals surface area contributed by atoms with Gasteiger partial charge in [0.2, 0.25) is 0 Å². The van der Waals surface area contributed by atoms with Gasteiger partial charge in [-0.2, -0.15) is 0 Å². The number of nitrogens with one attached hydrogen (secondary N) is 1. The average molecular weight is 457 g/mol. The molecule has 0 atom stereocenters. The van der Waals surface area contributed by atoms with Gasteiger partial charge in [0.1, 0.15) is 6.61 Å². The molecule has 150 valence electrons. The van der Waals surface area contributed by atoms with E-state index in [0.717, 1.165) is 34.6 Å². The van der Waals surface area contributed by atoms with Crippen LogP contribution in [0.2, 0.25) is 0 Å². The lowest BCUT2D eigenvalue weighted by molar-refractivity contribution is 0.267. The average Bonchev–Trinajstić information content (AvgIpc) is 2.59. The van der Waals surface area contributed by atoms with Gasteiger partial charge >= 0.3 is 0 Å². The summed E-state index contributed by atoms with van der Waals surface area (Å²) < 4.78 is 12.8. The molecule has 2 aromatic rings. The largest absolute Gasteiger partial charge is 0.490 e. The Morgan fingerprint density at radius 1 is 1.04 bits per heavy atom. The Balaban J connectivity index is 0.00000364. The third-order valence-corrected chi connectivity index (χ3v) is 4.69. The van der Waals surface area contributed by atoms with Crippen molar-refractivity contribution in [1.29, 1.82) is 0 Å². The molecule has 27 heavy (non-hydrogen) atoms. The van der Waals surface area contributed by atoms with Gasteiger partial charge in [0.15, 0.2) is 11.5 Å². The number of hydrogen-bond donors (Lipinski definition) is 1. The fourth-order valence-corrected chi connectivity index (χ4v) is 3.19. The van der Waals surface area contributed by atoms with Crippen molar-refractivity contribution in [2.45, 2.75) is 47.3 Å². The lowest BCUT2D eigenvalue weighted by atomic mass is 10.1. The van der Waals surface area contributed by atoms with Gasteiger partial charge in [0.05, 0.1) is 11.1 Å². The summed E-state index contributed by atoms with van der Waals surface area (Å²) in [6.45, 7) is 11.5. The molecule has 0 bridgehead atoms. The molecule has 0 unspecified atom stereocenters. The van der Waals surface area contributed by atoms with Crippen molar-refractivity contribution < 1.29 is 9.47 Å². The first kappa shape index (κ1) is 23.8. The first-order valence-corrected chi connectivity index (χ1v) is 10.1. The second kappa shape index (κ2) is 12.3. The van der Waals surface area contributed by atoms with Crippen LogP contribution in [0.25, 0.3) is 0 Å². The Labute approximate surface area is 178 Å². The molecule has 2 rings (SSSR count). The topological polar surface area (TPSA) is 30.5 Å². The predicted molar refractivity (Wildman–Crippen MR) is 119 cm³/mol. The summed E-state index contributed by atoms with van der Waals surface area (Å²) in [7, 11) is 0. The van der Waals surface area contributed by atoms with E-state index in [9.17, 15) is 0 Å². The first-order chi connectivity index (χ1) is 12.5. The van der Waals surface area contributed by atoms with Crippen molar-refractivity contribution in [3.05, 3.63) is 57.6 Å². The zero-order chi connectivity index (χ0) is 18.9. The van der Waals surface area contributed by atoms with Crippen LogP contribution in [0.5, 0.6) is 11.5 Å². The Hall–Kier alpha value is -1.23. The summed E-state index contributed by atoms with van der Waals surface area (Å²) in [5.74, 6) is 2.26. The van der Waals surface area contributed by atoms with Crippen molar-refractivity contribution in [2.24, 2.45) is 5.92 Å². The van der Waals surface area contributed by atoms with E-state index in [2.05, 4.69) is 78.4 Å². The summed E-state index contributed by atoms with van der Waals surface area (Å²) in [4.78, 5) is 0. The highest BCUT2D eigenvalue weighted by Crippen LogP contribution is 2.37. The van der Waals surface area contributed by atoms with Crippen molar-refractivity contribution in [1.82, 2.24) is 5.32 Å². The van der Waals surface area contributed by atoms with Crippen LogP contribution in [0.4, 0.5) is 0 Å². The summed E-state index contributed by atoms with van der Waals surface area (Å²) in [5.41, 5.74) is 3.58. The van der Waals surface area contributed by atoms with Gasteiger partial charge in [0, 0.05) is 6.54 Å². The Morgan fingerprint density at radius 3 is 2.37 bits per heavy atom.